The standard InChI is InChI=1S/C25H18F2N6/c1-25(2)19-9-5-11-21(30-19)32-13-17(28-23(32)26)15-7-3-4-8-16(15)18-14-33(24(27)29-18)22-12-6-10-20(25)31-22/h3-14H,1-2H3. The van der Waals surface area contributed by atoms with Gasteiger partial charge in [-0.3, -0.25) is 9.13 Å². The van der Waals surface area contributed by atoms with E-state index in [4.69, 9.17) is 9.97 Å². The Morgan fingerprint density at radius 2 is 1.06 bits per heavy atom. The van der Waals surface area contributed by atoms with Gasteiger partial charge in [0.05, 0.1) is 22.8 Å². The predicted octanol–water partition coefficient (Wildman–Crippen LogP) is 5.10. The summed E-state index contributed by atoms with van der Waals surface area (Å²) < 4.78 is 32.6. The van der Waals surface area contributed by atoms with Gasteiger partial charge in [0.1, 0.15) is 11.6 Å². The normalized spacial score (nSPS) is 13.7. The number of halogens is 2. The molecule has 162 valence electrons. The van der Waals surface area contributed by atoms with Crippen molar-refractivity contribution in [3.05, 3.63) is 96.6 Å². The molecular weight excluding hydrogens is 422 g/mol. The zero-order valence-electron chi connectivity index (χ0n) is 17.9. The number of nitrogens with zero attached hydrogens (tertiary/aromatic N) is 6. The topological polar surface area (TPSA) is 61.4 Å². The van der Waals surface area contributed by atoms with Crippen LogP contribution in [0.4, 0.5) is 8.78 Å². The molecule has 6 nitrogen and oxygen atoms in total. The van der Waals surface area contributed by atoms with Crippen LogP contribution in [-0.4, -0.2) is 29.1 Å². The van der Waals surface area contributed by atoms with Gasteiger partial charge in [0.25, 0.3) is 12.2 Å². The summed E-state index contributed by atoms with van der Waals surface area (Å²) in [6.45, 7) is 3.95. The van der Waals surface area contributed by atoms with E-state index in [0.29, 0.717) is 45.5 Å². The van der Waals surface area contributed by atoms with Crippen molar-refractivity contribution >= 4 is 0 Å². The summed E-state index contributed by atoms with van der Waals surface area (Å²) >= 11 is 0. The summed E-state index contributed by atoms with van der Waals surface area (Å²) in [4.78, 5) is 17.7. The third-order valence-corrected chi connectivity index (χ3v) is 6.05. The second-order valence-electron chi connectivity index (χ2n) is 8.46. The van der Waals surface area contributed by atoms with Crippen LogP contribution >= 0.6 is 0 Å². The van der Waals surface area contributed by atoms with Crippen LogP contribution in [0.5, 0.6) is 0 Å². The third kappa shape index (κ3) is 2.98. The van der Waals surface area contributed by atoms with Gasteiger partial charge < -0.3 is 0 Å². The minimum absolute atomic E-state index is 0.401. The Morgan fingerprint density at radius 1 is 0.606 bits per heavy atom. The third-order valence-electron chi connectivity index (χ3n) is 6.05. The van der Waals surface area contributed by atoms with E-state index in [9.17, 15) is 8.78 Å². The van der Waals surface area contributed by atoms with E-state index in [0.717, 1.165) is 0 Å². The van der Waals surface area contributed by atoms with Crippen LogP contribution in [0.15, 0.2) is 73.1 Å². The Balaban J connectivity index is 1.71. The molecule has 0 saturated carbocycles. The summed E-state index contributed by atoms with van der Waals surface area (Å²) in [7, 11) is 0. The summed E-state index contributed by atoms with van der Waals surface area (Å²) in [6, 6.07) is 18.1. The minimum Gasteiger partial charge on any atom is -0.259 e. The first-order valence-corrected chi connectivity index (χ1v) is 10.5. The Kier molecular flexibility index (Phi) is 4.07. The SMILES string of the molecule is CC1(C)c2cccc(n2)-n2cc(nc2F)-c2ccccc2-c2cn(c(F)n2)-c2cccc1n2. The number of rotatable bonds is 0. The maximum absolute atomic E-state index is 15.0. The van der Waals surface area contributed by atoms with Gasteiger partial charge in [-0.2, -0.15) is 8.78 Å². The Bertz CT molecular complexity index is 1420. The molecule has 0 aliphatic carbocycles. The van der Waals surface area contributed by atoms with Gasteiger partial charge in [-0.05, 0) is 38.1 Å². The van der Waals surface area contributed by atoms with E-state index in [-0.39, 0.29) is 0 Å². The monoisotopic (exact) mass is 440 g/mol. The molecule has 1 aliphatic rings. The molecule has 0 N–H and O–H groups in total. The van der Waals surface area contributed by atoms with Crippen molar-refractivity contribution in [2.45, 2.75) is 19.3 Å². The highest BCUT2D eigenvalue weighted by molar-refractivity contribution is 5.80. The lowest BCUT2D eigenvalue weighted by Crippen LogP contribution is -2.23. The summed E-state index contributed by atoms with van der Waals surface area (Å²) in [5.74, 6) is 0.822. The lowest BCUT2D eigenvalue weighted by molar-refractivity contribution is 0.515. The predicted molar refractivity (Wildman–Crippen MR) is 119 cm³/mol. The minimum atomic E-state index is -0.689. The largest absolute Gasteiger partial charge is 0.295 e. The molecule has 4 aromatic heterocycles. The second-order valence-corrected chi connectivity index (χ2v) is 8.46. The molecule has 5 heterocycles. The molecule has 0 radical (unpaired) electrons. The highest BCUT2D eigenvalue weighted by Crippen LogP contribution is 2.34. The van der Waals surface area contributed by atoms with E-state index in [2.05, 4.69) is 9.97 Å². The van der Waals surface area contributed by atoms with Crippen molar-refractivity contribution < 1.29 is 8.78 Å². The Hall–Kier alpha value is -4.20. The maximum atomic E-state index is 15.0. The number of aromatic nitrogens is 6. The lowest BCUT2D eigenvalue weighted by Gasteiger charge is -2.24. The van der Waals surface area contributed by atoms with Crippen LogP contribution in [0.3, 0.4) is 0 Å². The maximum Gasteiger partial charge on any atom is 0.295 e. The van der Waals surface area contributed by atoms with Crippen molar-refractivity contribution in [1.82, 2.24) is 29.1 Å². The molecule has 8 heteroatoms. The molecular formula is C25H18F2N6. The first-order valence-electron chi connectivity index (χ1n) is 10.5. The Morgan fingerprint density at radius 3 is 1.52 bits per heavy atom. The number of imidazole rings is 2. The molecule has 6 rings (SSSR count). The first kappa shape index (κ1) is 19.5. The van der Waals surface area contributed by atoms with Crippen molar-refractivity contribution in [3.8, 4) is 34.2 Å². The second kappa shape index (κ2) is 6.90. The fourth-order valence-electron chi connectivity index (χ4n) is 4.17. The zero-order chi connectivity index (χ0) is 22.7. The van der Waals surface area contributed by atoms with Crippen molar-refractivity contribution in [1.29, 1.82) is 0 Å². The Labute approximate surface area is 188 Å². The van der Waals surface area contributed by atoms with Gasteiger partial charge in [-0.25, -0.2) is 19.9 Å². The highest BCUT2D eigenvalue weighted by atomic mass is 19.1. The zero-order valence-corrected chi connectivity index (χ0v) is 17.9. The number of benzene rings is 1. The fourth-order valence-corrected chi connectivity index (χ4v) is 4.17. The smallest absolute Gasteiger partial charge is 0.259 e. The molecule has 0 atom stereocenters. The molecule has 33 heavy (non-hydrogen) atoms. The fraction of sp³-hybridized carbons (Fsp3) is 0.120. The van der Waals surface area contributed by atoms with E-state index in [1.54, 1.807) is 24.5 Å². The highest BCUT2D eigenvalue weighted by Gasteiger charge is 2.28. The molecule has 0 spiro atoms. The summed E-state index contributed by atoms with van der Waals surface area (Å²) in [5.41, 5.74) is 2.83. The van der Waals surface area contributed by atoms with Crippen molar-refractivity contribution in [3.63, 3.8) is 0 Å². The van der Waals surface area contributed by atoms with Gasteiger partial charge in [-0.1, -0.05) is 36.4 Å². The van der Waals surface area contributed by atoms with Crippen LogP contribution in [0, 0.1) is 12.2 Å². The van der Waals surface area contributed by atoms with E-state index >= 15 is 0 Å². The average Bonchev–Trinajstić information content (AvgIpc) is 3.41. The molecule has 0 fully saturated rings. The molecule has 8 bridgehead atoms. The quantitative estimate of drug-likeness (QED) is 0.336. The summed E-state index contributed by atoms with van der Waals surface area (Å²) in [6.07, 6.45) is 1.81. The van der Waals surface area contributed by atoms with Gasteiger partial charge >= 0.3 is 0 Å². The van der Waals surface area contributed by atoms with Crippen LogP contribution in [0.1, 0.15) is 25.2 Å². The number of hydrogen-bond donors (Lipinski definition) is 0. The molecule has 0 unspecified atom stereocenters. The van der Waals surface area contributed by atoms with E-state index < -0.39 is 17.6 Å². The van der Waals surface area contributed by atoms with Gasteiger partial charge in [0.15, 0.2) is 0 Å². The first-order chi connectivity index (χ1) is 15.9. The van der Waals surface area contributed by atoms with Crippen molar-refractivity contribution in [2.24, 2.45) is 0 Å². The van der Waals surface area contributed by atoms with Crippen molar-refractivity contribution in [2.75, 3.05) is 0 Å². The van der Waals surface area contributed by atoms with E-state index in [1.807, 2.05) is 62.4 Å². The molecule has 1 aliphatic heterocycles. The molecule has 5 aromatic rings. The van der Waals surface area contributed by atoms with Gasteiger partial charge in [0, 0.05) is 28.9 Å². The molecule has 1 aromatic carbocycles. The number of pyridine rings is 2. The molecule has 0 saturated heterocycles. The lowest BCUT2D eigenvalue weighted by atomic mass is 9.84. The van der Waals surface area contributed by atoms with Gasteiger partial charge in [-0.15, -0.1) is 0 Å². The van der Waals surface area contributed by atoms with Crippen LogP contribution < -0.4 is 0 Å². The van der Waals surface area contributed by atoms with E-state index in [1.165, 1.54) is 9.13 Å². The van der Waals surface area contributed by atoms with Crippen LogP contribution in [0.2, 0.25) is 0 Å². The average molecular weight is 440 g/mol. The van der Waals surface area contributed by atoms with Crippen LogP contribution in [0.25, 0.3) is 34.2 Å². The summed E-state index contributed by atoms with van der Waals surface area (Å²) in [5, 5.41) is 0. The number of hydrogen-bond acceptors (Lipinski definition) is 4. The van der Waals surface area contributed by atoms with Crippen LogP contribution in [-0.2, 0) is 5.41 Å². The molecule has 0 amide bonds. The number of fused-ring (bicyclic) bond motifs is 13. The van der Waals surface area contributed by atoms with Gasteiger partial charge in [0.2, 0.25) is 0 Å².